The molecule has 1 unspecified atom stereocenters. The normalized spacial score (nSPS) is 17.1. The first kappa shape index (κ1) is 32.9. The number of halogens is 15. The van der Waals surface area contributed by atoms with Gasteiger partial charge in [0.05, 0.1) is 5.25 Å². The zero-order valence-electron chi connectivity index (χ0n) is 17.0. The SMILES string of the molecule is CCC(CCO)S(=O)(=O)C(F)(F)C(F)(F)C(F)(F)C(F)(F)C(F)(F)C(F)(F)C(F)(F)C(C)(C)F. The lowest BCUT2D eigenvalue weighted by Gasteiger charge is -2.44. The van der Waals surface area contributed by atoms with Gasteiger partial charge in [-0.15, -0.1) is 0 Å². The molecule has 0 aliphatic heterocycles. The largest absolute Gasteiger partial charge is 0.413 e. The van der Waals surface area contributed by atoms with Crippen molar-refractivity contribution in [2.45, 2.75) is 85.3 Å². The molecule has 19 heteroatoms. The Hall–Kier alpha value is -1.14. The summed E-state index contributed by atoms with van der Waals surface area (Å²) in [5.41, 5.74) is -4.88. The highest BCUT2D eigenvalue weighted by atomic mass is 32.2. The molecule has 0 aliphatic rings. The Morgan fingerprint density at radius 1 is 0.618 bits per heavy atom. The number of sulfone groups is 1. The van der Waals surface area contributed by atoms with Gasteiger partial charge in [-0.3, -0.25) is 0 Å². The van der Waals surface area contributed by atoms with E-state index in [0.29, 0.717) is 6.92 Å². The van der Waals surface area contributed by atoms with Gasteiger partial charge in [-0.25, -0.2) is 12.8 Å². The molecule has 206 valence electrons. The summed E-state index contributed by atoms with van der Waals surface area (Å²) in [6.07, 6.45) is -2.50. The van der Waals surface area contributed by atoms with E-state index >= 15 is 0 Å². The van der Waals surface area contributed by atoms with Crippen LogP contribution in [0.15, 0.2) is 0 Å². The third-order valence-electron chi connectivity index (χ3n) is 4.79. The van der Waals surface area contributed by atoms with Gasteiger partial charge >= 0.3 is 40.8 Å². The van der Waals surface area contributed by atoms with Gasteiger partial charge in [0.1, 0.15) is 0 Å². The van der Waals surface area contributed by atoms with Crippen molar-refractivity contribution in [3.8, 4) is 0 Å². The second kappa shape index (κ2) is 8.76. The quantitative estimate of drug-likeness (QED) is 0.310. The van der Waals surface area contributed by atoms with Crippen molar-refractivity contribution in [2.24, 2.45) is 0 Å². The van der Waals surface area contributed by atoms with Crippen LogP contribution in [0.25, 0.3) is 0 Å². The molecule has 0 aliphatic carbocycles. The summed E-state index contributed by atoms with van der Waals surface area (Å²) in [7, 11) is -7.04. The minimum absolute atomic E-state index is 0.603. The number of aliphatic hydroxyl groups excluding tert-OH is 1. The fourth-order valence-electron chi connectivity index (χ4n) is 2.46. The third-order valence-corrected chi connectivity index (χ3v) is 7.20. The summed E-state index contributed by atoms with van der Waals surface area (Å²) in [5, 5.41) is -1.65. The zero-order valence-corrected chi connectivity index (χ0v) is 17.9. The van der Waals surface area contributed by atoms with E-state index in [9.17, 15) is 74.3 Å². The lowest BCUT2D eigenvalue weighted by molar-refractivity contribution is -0.442. The lowest BCUT2D eigenvalue weighted by Crippen LogP contribution is -2.75. The van der Waals surface area contributed by atoms with E-state index < -0.39 is 94.8 Å². The Labute approximate surface area is 182 Å². The molecule has 0 fully saturated rings. The molecule has 0 amide bonds. The summed E-state index contributed by atoms with van der Waals surface area (Å²) in [4.78, 5) is 0. The van der Waals surface area contributed by atoms with Crippen LogP contribution in [-0.4, -0.2) is 71.8 Å². The molecule has 0 saturated carbocycles. The maximum Gasteiger partial charge on any atom is 0.413 e. The molecule has 1 N–H and O–H groups in total. The lowest BCUT2D eigenvalue weighted by atomic mass is 9.86. The molecule has 0 rings (SSSR count). The molecular formula is C15H17F15O3S. The number of hydrogen-bond donors (Lipinski definition) is 1. The van der Waals surface area contributed by atoms with Gasteiger partial charge in [0.15, 0.2) is 5.67 Å². The first-order chi connectivity index (χ1) is 14.5. The van der Waals surface area contributed by atoms with E-state index in [1.807, 2.05) is 0 Å². The van der Waals surface area contributed by atoms with Gasteiger partial charge < -0.3 is 5.11 Å². The summed E-state index contributed by atoms with van der Waals surface area (Å²) >= 11 is 0. The molecule has 0 heterocycles. The van der Waals surface area contributed by atoms with Crippen molar-refractivity contribution in [3.05, 3.63) is 0 Å². The maximum absolute atomic E-state index is 14.0. The first-order valence-electron chi connectivity index (χ1n) is 8.70. The number of hydrogen-bond acceptors (Lipinski definition) is 3. The molecule has 0 radical (unpaired) electrons. The van der Waals surface area contributed by atoms with E-state index in [1.165, 1.54) is 0 Å². The van der Waals surface area contributed by atoms with Crippen molar-refractivity contribution in [1.29, 1.82) is 0 Å². The van der Waals surface area contributed by atoms with E-state index in [-0.39, 0.29) is 0 Å². The van der Waals surface area contributed by atoms with E-state index in [1.54, 1.807) is 0 Å². The van der Waals surface area contributed by atoms with Crippen molar-refractivity contribution in [2.75, 3.05) is 6.61 Å². The van der Waals surface area contributed by atoms with Crippen LogP contribution in [0, 0.1) is 0 Å². The summed E-state index contributed by atoms with van der Waals surface area (Å²) in [5.74, 6) is -48.3. The van der Waals surface area contributed by atoms with Crippen LogP contribution >= 0.6 is 0 Å². The molecule has 3 nitrogen and oxygen atoms in total. The van der Waals surface area contributed by atoms with Crippen LogP contribution in [0.5, 0.6) is 0 Å². The van der Waals surface area contributed by atoms with E-state index in [0.717, 1.165) is 0 Å². The molecule has 0 aromatic carbocycles. The Balaban J connectivity index is 7.01. The minimum atomic E-state index is -8.51. The molecule has 0 bridgehead atoms. The minimum Gasteiger partial charge on any atom is -0.396 e. The fourth-order valence-corrected chi connectivity index (χ4v) is 4.21. The molecule has 0 aromatic heterocycles. The second-order valence-corrected chi connectivity index (χ2v) is 9.79. The van der Waals surface area contributed by atoms with Crippen LogP contribution in [0.4, 0.5) is 65.9 Å². The van der Waals surface area contributed by atoms with Gasteiger partial charge in [0, 0.05) is 6.61 Å². The first-order valence-corrected chi connectivity index (χ1v) is 10.2. The highest BCUT2D eigenvalue weighted by Gasteiger charge is 2.95. The predicted octanol–water partition coefficient (Wildman–Crippen LogP) is 5.71. The molecular weight excluding hydrogens is 545 g/mol. The Morgan fingerprint density at radius 2 is 0.912 bits per heavy atom. The number of alkyl halides is 15. The van der Waals surface area contributed by atoms with Crippen molar-refractivity contribution < 1.29 is 79.4 Å². The smallest absolute Gasteiger partial charge is 0.396 e. The van der Waals surface area contributed by atoms with Crippen LogP contribution in [0.1, 0.15) is 33.6 Å². The summed E-state index contributed by atoms with van der Waals surface area (Å²) < 4.78 is 229. The zero-order chi connectivity index (χ0) is 28.2. The summed E-state index contributed by atoms with van der Waals surface area (Å²) in [6.45, 7) is -1.90. The molecule has 0 saturated heterocycles. The Kier molecular flexibility index (Phi) is 8.46. The standard InChI is InChI=1S/C15H17F15O3S/c1-4-7(5-6-31)34(32,33)15(29,30)14(27,28)13(25,26)12(23,24)11(21,22)10(19,20)9(17,18)8(2,3)16/h7,31H,4-6H2,1-3H3. The second-order valence-electron chi connectivity index (χ2n) is 7.52. The molecule has 0 spiro atoms. The Morgan fingerprint density at radius 3 is 1.18 bits per heavy atom. The highest BCUT2D eigenvalue weighted by molar-refractivity contribution is 7.93. The van der Waals surface area contributed by atoms with Crippen LogP contribution < -0.4 is 0 Å². The van der Waals surface area contributed by atoms with E-state index in [2.05, 4.69) is 0 Å². The molecule has 34 heavy (non-hydrogen) atoms. The van der Waals surface area contributed by atoms with Crippen LogP contribution in [0.3, 0.4) is 0 Å². The molecule has 0 aromatic rings. The third kappa shape index (κ3) is 4.11. The van der Waals surface area contributed by atoms with Crippen molar-refractivity contribution >= 4 is 9.84 Å². The number of rotatable bonds is 12. The van der Waals surface area contributed by atoms with Gasteiger partial charge in [-0.2, -0.15) is 61.5 Å². The highest BCUT2D eigenvalue weighted by Crippen LogP contribution is 2.64. The number of aliphatic hydroxyl groups is 1. The van der Waals surface area contributed by atoms with E-state index in [4.69, 9.17) is 5.11 Å². The Bertz CT molecular complexity index is 830. The molecule has 1 atom stereocenters. The fraction of sp³-hybridized carbons (Fsp3) is 1.00. The monoisotopic (exact) mass is 562 g/mol. The van der Waals surface area contributed by atoms with Crippen molar-refractivity contribution in [1.82, 2.24) is 0 Å². The van der Waals surface area contributed by atoms with Gasteiger partial charge in [-0.1, -0.05) is 6.92 Å². The average molecular weight is 562 g/mol. The predicted molar refractivity (Wildman–Crippen MR) is 84.5 cm³/mol. The van der Waals surface area contributed by atoms with Gasteiger partial charge in [0.25, 0.3) is 0 Å². The van der Waals surface area contributed by atoms with Crippen molar-refractivity contribution in [3.63, 3.8) is 0 Å². The topological polar surface area (TPSA) is 54.4 Å². The van der Waals surface area contributed by atoms with Crippen LogP contribution in [0.2, 0.25) is 0 Å². The van der Waals surface area contributed by atoms with Crippen LogP contribution in [-0.2, 0) is 9.84 Å². The van der Waals surface area contributed by atoms with Gasteiger partial charge in [0.2, 0.25) is 9.84 Å². The maximum atomic E-state index is 14.0. The summed E-state index contributed by atoms with van der Waals surface area (Å²) in [6, 6.07) is 0. The average Bonchev–Trinajstić information content (AvgIpc) is 2.63. The van der Waals surface area contributed by atoms with Gasteiger partial charge in [-0.05, 0) is 26.7 Å².